The second-order valence-electron chi connectivity index (χ2n) is 3.79. The Balaban J connectivity index is 2.18. The maximum Gasteiger partial charge on any atom is 0.326 e. The van der Waals surface area contributed by atoms with Gasteiger partial charge in [0, 0.05) is 6.54 Å². The molecule has 2 heterocycles. The first-order chi connectivity index (χ1) is 7.59. The minimum absolute atomic E-state index is 0.0364. The number of aliphatic carboxylic acids is 1. The van der Waals surface area contributed by atoms with Crippen LogP contribution in [-0.2, 0) is 4.79 Å². The summed E-state index contributed by atoms with van der Waals surface area (Å²) in [6, 6.07) is -0.750. The lowest BCUT2D eigenvalue weighted by atomic mass is 10.2. The number of carboxylic acids is 1. The second kappa shape index (κ2) is 3.96. The van der Waals surface area contributed by atoms with E-state index in [0.29, 0.717) is 25.1 Å². The monoisotopic (exact) mass is 224 g/mol. The molecule has 0 saturated carbocycles. The van der Waals surface area contributed by atoms with Crippen LogP contribution in [0.5, 0.6) is 0 Å². The molecule has 0 bridgehead atoms. The lowest BCUT2D eigenvalue weighted by Crippen LogP contribution is -2.40. The van der Waals surface area contributed by atoms with Gasteiger partial charge in [-0.1, -0.05) is 0 Å². The van der Waals surface area contributed by atoms with Crippen LogP contribution in [0.4, 0.5) is 0 Å². The van der Waals surface area contributed by atoms with E-state index in [0.717, 1.165) is 0 Å². The van der Waals surface area contributed by atoms with Gasteiger partial charge in [0.25, 0.3) is 5.89 Å². The zero-order valence-corrected chi connectivity index (χ0v) is 8.84. The van der Waals surface area contributed by atoms with Gasteiger partial charge in [-0.15, -0.1) is 0 Å². The summed E-state index contributed by atoms with van der Waals surface area (Å²) in [6.07, 6.45) is 2.56. The third-order valence-corrected chi connectivity index (χ3v) is 2.60. The van der Waals surface area contributed by atoms with Crippen molar-refractivity contribution in [2.45, 2.75) is 25.8 Å². The Hall–Kier alpha value is -1.85. The fraction of sp³-hybridized carbons (Fsp3) is 0.500. The molecule has 1 aliphatic heterocycles. The summed E-state index contributed by atoms with van der Waals surface area (Å²) in [4.78, 5) is 28.0. The van der Waals surface area contributed by atoms with E-state index in [1.165, 1.54) is 11.2 Å². The van der Waals surface area contributed by atoms with Crippen molar-refractivity contribution in [1.29, 1.82) is 0 Å². The maximum atomic E-state index is 11.9. The summed E-state index contributed by atoms with van der Waals surface area (Å²) in [5.41, 5.74) is 0.606. The Bertz CT molecular complexity index is 426. The summed E-state index contributed by atoms with van der Waals surface area (Å²) in [7, 11) is 0. The van der Waals surface area contributed by atoms with E-state index in [4.69, 9.17) is 9.52 Å². The van der Waals surface area contributed by atoms with Crippen LogP contribution in [0.1, 0.15) is 29.2 Å². The van der Waals surface area contributed by atoms with Crippen LogP contribution in [0.2, 0.25) is 0 Å². The molecule has 16 heavy (non-hydrogen) atoms. The van der Waals surface area contributed by atoms with E-state index < -0.39 is 17.9 Å². The molecule has 1 aromatic rings. The summed E-state index contributed by atoms with van der Waals surface area (Å²) in [6.45, 7) is 2.15. The van der Waals surface area contributed by atoms with Crippen LogP contribution >= 0.6 is 0 Å². The molecule has 0 radical (unpaired) electrons. The van der Waals surface area contributed by atoms with Gasteiger partial charge < -0.3 is 14.4 Å². The third kappa shape index (κ3) is 1.78. The fourth-order valence-corrected chi connectivity index (χ4v) is 1.84. The number of amides is 1. The van der Waals surface area contributed by atoms with Crippen LogP contribution in [0, 0.1) is 6.92 Å². The van der Waals surface area contributed by atoms with Crippen molar-refractivity contribution in [1.82, 2.24) is 9.88 Å². The summed E-state index contributed by atoms with van der Waals surface area (Å²) >= 11 is 0. The molecule has 0 spiro atoms. The number of aromatic nitrogens is 1. The highest BCUT2D eigenvalue weighted by Crippen LogP contribution is 2.20. The molecular formula is C10H12N2O4. The topological polar surface area (TPSA) is 83.6 Å². The van der Waals surface area contributed by atoms with E-state index in [1.54, 1.807) is 6.92 Å². The molecule has 1 aliphatic rings. The van der Waals surface area contributed by atoms with Crippen molar-refractivity contribution >= 4 is 11.9 Å². The number of carbonyl (C=O) groups is 2. The fourth-order valence-electron chi connectivity index (χ4n) is 1.84. The van der Waals surface area contributed by atoms with Crippen molar-refractivity contribution in [3.8, 4) is 0 Å². The Kier molecular flexibility index (Phi) is 2.64. The average Bonchev–Trinajstić information content (AvgIpc) is 2.84. The molecule has 0 aromatic carbocycles. The van der Waals surface area contributed by atoms with E-state index in [9.17, 15) is 9.59 Å². The number of carbonyl (C=O) groups excluding carboxylic acids is 1. The van der Waals surface area contributed by atoms with Crippen molar-refractivity contribution in [3.05, 3.63) is 17.8 Å². The molecular weight excluding hydrogens is 212 g/mol. The summed E-state index contributed by atoms with van der Waals surface area (Å²) < 4.78 is 4.97. The Morgan fingerprint density at radius 1 is 1.62 bits per heavy atom. The Morgan fingerprint density at radius 2 is 2.38 bits per heavy atom. The first-order valence-corrected chi connectivity index (χ1v) is 5.05. The number of oxazole rings is 1. The normalized spacial score (nSPS) is 20.1. The van der Waals surface area contributed by atoms with Crippen LogP contribution in [0.25, 0.3) is 0 Å². The number of rotatable bonds is 2. The second-order valence-corrected chi connectivity index (χ2v) is 3.79. The van der Waals surface area contributed by atoms with Gasteiger partial charge >= 0.3 is 11.9 Å². The van der Waals surface area contributed by atoms with Gasteiger partial charge in [0.2, 0.25) is 0 Å². The van der Waals surface area contributed by atoms with Crippen LogP contribution in [0.3, 0.4) is 0 Å². The van der Waals surface area contributed by atoms with Gasteiger partial charge in [-0.25, -0.2) is 9.78 Å². The quantitative estimate of drug-likeness (QED) is 0.798. The largest absolute Gasteiger partial charge is 0.480 e. The van der Waals surface area contributed by atoms with Gasteiger partial charge in [0.15, 0.2) is 0 Å². The predicted octanol–water partition coefficient (Wildman–Crippen LogP) is 0.672. The molecule has 6 heteroatoms. The van der Waals surface area contributed by atoms with Gasteiger partial charge in [0.1, 0.15) is 12.3 Å². The average molecular weight is 224 g/mol. The molecule has 1 saturated heterocycles. The Morgan fingerprint density at radius 3 is 2.94 bits per heavy atom. The number of carboxylic acid groups (broad SMARTS) is 1. The summed E-state index contributed by atoms with van der Waals surface area (Å²) in [5.74, 6) is -1.46. The third-order valence-electron chi connectivity index (χ3n) is 2.60. The van der Waals surface area contributed by atoms with Gasteiger partial charge in [-0.3, -0.25) is 4.79 Å². The molecule has 2 rings (SSSR count). The van der Waals surface area contributed by atoms with E-state index >= 15 is 0 Å². The minimum atomic E-state index is -0.978. The molecule has 1 atom stereocenters. The first-order valence-electron chi connectivity index (χ1n) is 5.05. The first kappa shape index (κ1) is 10.7. The molecule has 1 amide bonds. The molecule has 1 N–H and O–H groups in total. The number of hydrogen-bond donors (Lipinski definition) is 1. The minimum Gasteiger partial charge on any atom is -0.480 e. The van der Waals surface area contributed by atoms with Crippen molar-refractivity contribution in [2.24, 2.45) is 0 Å². The number of aryl methyl sites for hydroxylation is 1. The standard InChI is InChI=1S/C10H12N2O4/c1-6-5-16-8(11-6)9(13)12-4-2-3-7(12)10(14)15/h5,7H,2-4H2,1H3,(H,14,15)/t7-/m0/s1. The highest BCUT2D eigenvalue weighted by Gasteiger charge is 2.36. The highest BCUT2D eigenvalue weighted by atomic mass is 16.4. The molecule has 0 aliphatic carbocycles. The molecule has 86 valence electrons. The predicted molar refractivity (Wildman–Crippen MR) is 52.9 cm³/mol. The lowest BCUT2D eigenvalue weighted by molar-refractivity contribution is -0.141. The zero-order chi connectivity index (χ0) is 11.7. The van der Waals surface area contributed by atoms with Crippen LogP contribution in [0.15, 0.2) is 10.7 Å². The molecule has 1 aromatic heterocycles. The smallest absolute Gasteiger partial charge is 0.326 e. The van der Waals surface area contributed by atoms with Crippen molar-refractivity contribution in [3.63, 3.8) is 0 Å². The Labute approximate surface area is 91.9 Å². The molecule has 6 nitrogen and oxygen atoms in total. The molecule has 0 unspecified atom stereocenters. The number of likely N-dealkylation sites (tertiary alicyclic amines) is 1. The maximum absolute atomic E-state index is 11.9. The van der Waals surface area contributed by atoms with Crippen molar-refractivity contribution < 1.29 is 19.1 Å². The van der Waals surface area contributed by atoms with Crippen LogP contribution < -0.4 is 0 Å². The van der Waals surface area contributed by atoms with E-state index in [2.05, 4.69) is 4.98 Å². The van der Waals surface area contributed by atoms with E-state index in [1.807, 2.05) is 0 Å². The lowest BCUT2D eigenvalue weighted by Gasteiger charge is -2.19. The van der Waals surface area contributed by atoms with Crippen LogP contribution in [-0.4, -0.2) is 39.5 Å². The SMILES string of the molecule is Cc1coc(C(=O)N2CCC[C@H]2C(=O)O)n1. The molecule has 1 fully saturated rings. The van der Waals surface area contributed by atoms with Gasteiger partial charge in [-0.2, -0.15) is 0 Å². The van der Waals surface area contributed by atoms with Gasteiger partial charge in [0.05, 0.1) is 5.69 Å². The summed E-state index contributed by atoms with van der Waals surface area (Å²) in [5, 5.41) is 8.94. The number of hydrogen-bond acceptors (Lipinski definition) is 4. The van der Waals surface area contributed by atoms with Crippen molar-refractivity contribution in [2.75, 3.05) is 6.54 Å². The number of nitrogens with zero attached hydrogens (tertiary/aromatic N) is 2. The highest BCUT2D eigenvalue weighted by molar-refractivity contribution is 5.93. The van der Waals surface area contributed by atoms with Gasteiger partial charge in [-0.05, 0) is 19.8 Å². The van der Waals surface area contributed by atoms with E-state index in [-0.39, 0.29) is 5.89 Å². The zero-order valence-electron chi connectivity index (χ0n) is 8.84.